The predicted octanol–water partition coefficient (Wildman–Crippen LogP) is 2.19. The Morgan fingerprint density at radius 3 is 2.80 bits per heavy atom. The maximum atomic E-state index is 12.0. The molecule has 104 valence electrons. The number of imide groups is 1. The van der Waals surface area contributed by atoms with E-state index in [4.69, 9.17) is 0 Å². The van der Waals surface area contributed by atoms with Crippen molar-refractivity contribution in [2.75, 3.05) is 11.4 Å². The molecule has 5 heteroatoms. The second-order valence-corrected chi connectivity index (χ2v) is 5.05. The molecule has 5 nitrogen and oxygen atoms in total. The van der Waals surface area contributed by atoms with Crippen LogP contribution in [0.1, 0.15) is 18.9 Å². The molecule has 0 spiro atoms. The van der Waals surface area contributed by atoms with E-state index in [-0.39, 0.29) is 11.9 Å². The number of hydrogen-bond donors (Lipinski definition) is 1. The van der Waals surface area contributed by atoms with Gasteiger partial charge in [-0.2, -0.15) is 0 Å². The van der Waals surface area contributed by atoms with Crippen LogP contribution in [0.4, 0.5) is 10.5 Å². The number of nitrogens with zero attached hydrogens (tertiary/aromatic N) is 2. The van der Waals surface area contributed by atoms with Crippen LogP contribution in [-0.2, 0) is 18.3 Å². The maximum absolute atomic E-state index is 12.0. The van der Waals surface area contributed by atoms with Gasteiger partial charge in [0.05, 0.1) is 11.2 Å². The monoisotopic (exact) mass is 271 g/mol. The van der Waals surface area contributed by atoms with Crippen LogP contribution >= 0.6 is 0 Å². The van der Waals surface area contributed by atoms with Gasteiger partial charge in [0.2, 0.25) is 5.91 Å². The predicted molar refractivity (Wildman–Crippen MR) is 77.8 cm³/mol. The highest BCUT2D eigenvalue weighted by molar-refractivity contribution is 6.10. The Morgan fingerprint density at radius 2 is 2.10 bits per heavy atom. The summed E-state index contributed by atoms with van der Waals surface area (Å²) < 4.78 is 2.05. The highest BCUT2D eigenvalue weighted by Crippen LogP contribution is 2.31. The second kappa shape index (κ2) is 4.67. The van der Waals surface area contributed by atoms with Crippen molar-refractivity contribution in [1.29, 1.82) is 0 Å². The number of carbonyl (C=O) groups is 2. The fraction of sp³-hybridized carbons (Fsp3) is 0.333. The van der Waals surface area contributed by atoms with Crippen LogP contribution in [0.3, 0.4) is 0 Å². The summed E-state index contributed by atoms with van der Waals surface area (Å²) in [4.78, 5) is 24.9. The van der Waals surface area contributed by atoms with Crippen LogP contribution in [-0.4, -0.2) is 23.1 Å². The number of nitrogens with one attached hydrogen (secondary N) is 1. The van der Waals surface area contributed by atoms with Crippen LogP contribution in [0.5, 0.6) is 0 Å². The normalized spacial score (nSPS) is 15.8. The quantitative estimate of drug-likeness (QED) is 0.910. The zero-order valence-electron chi connectivity index (χ0n) is 11.6. The van der Waals surface area contributed by atoms with E-state index in [0.29, 0.717) is 13.0 Å². The van der Waals surface area contributed by atoms with Crippen molar-refractivity contribution in [3.8, 4) is 0 Å². The molecule has 1 fully saturated rings. The molecule has 0 atom stereocenters. The number of rotatable bonds is 2. The van der Waals surface area contributed by atoms with Gasteiger partial charge in [-0.25, -0.2) is 4.79 Å². The number of para-hydroxylation sites is 1. The lowest BCUT2D eigenvalue weighted by molar-refractivity contribution is -0.120. The first-order chi connectivity index (χ1) is 9.61. The van der Waals surface area contributed by atoms with Crippen LogP contribution in [0.25, 0.3) is 10.9 Å². The van der Waals surface area contributed by atoms with E-state index in [1.807, 2.05) is 29.9 Å². The van der Waals surface area contributed by atoms with Crippen molar-refractivity contribution in [2.45, 2.75) is 19.8 Å². The van der Waals surface area contributed by atoms with Gasteiger partial charge >= 0.3 is 6.03 Å². The molecule has 0 radical (unpaired) electrons. The van der Waals surface area contributed by atoms with Gasteiger partial charge < -0.3 is 4.57 Å². The van der Waals surface area contributed by atoms with Crippen molar-refractivity contribution in [3.05, 3.63) is 30.0 Å². The molecule has 3 amide bonds. The van der Waals surface area contributed by atoms with Crippen molar-refractivity contribution >= 4 is 28.5 Å². The molecule has 0 aliphatic carbocycles. The third kappa shape index (κ3) is 1.86. The second-order valence-electron chi connectivity index (χ2n) is 5.05. The largest absolute Gasteiger partial charge is 0.348 e. The standard InChI is InChI=1S/C15H17N3O2/c1-3-10-5-4-6-11-12(9-17(2)14(10)11)18-8-7-13(19)16-15(18)20/h4-6,9H,3,7-8H2,1-2H3,(H,16,19,20). The SMILES string of the molecule is CCc1cccc2c(N3CCC(=O)NC3=O)cn(C)c12. The minimum absolute atomic E-state index is 0.208. The zero-order valence-corrected chi connectivity index (χ0v) is 11.6. The van der Waals surface area contributed by atoms with Crippen LogP contribution in [0, 0.1) is 0 Å². The van der Waals surface area contributed by atoms with Gasteiger partial charge in [0.25, 0.3) is 0 Å². The Morgan fingerprint density at radius 1 is 1.30 bits per heavy atom. The van der Waals surface area contributed by atoms with E-state index >= 15 is 0 Å². The summed E-state index contributed by atoms with van der Waals surface area (Å²) in [5.41, 5.74) is 3.27. The van der Waals surface area contributed by atoms with Crippen molar-refractivity contribution in [2.24, 2.45) is 7.05 Å². The van der Waals surface area contributed by atoms with Crippen LogP contribution < -0.4 is 10.2 Å². The lowest BCUT2D eigenvalue weighted by Gasteiger charge is -2.25. The third-order valence-electron chi connectivity index (χ3n) is 3.79. The van der Waals surface area contributed by atoms with Gasteiger partial charge in [-0.3, -0.25) is 15.0 Å². The molecule has 0 unspecified atom stereocenters. The highest BCUT2D eigenvalue weighted by Gasteiger charge is 2.26. The Kier molecular flexibility index (Phi) is 2.97. The van der Waals surface area contributed by atoms with Gasteiger partial charge in [0.15, 0.2) is 0 Å². The summed E-state index contributed by atoms with van der Waals surface area (Å²) in [5.74, 6) is -0.208. The van der Waals surface area contributed by atoms with Gasteiger partial charge in [0, 0.05) is 31.6 Å². The molecule has 1 aliphatic heterocycles. The molecule has 1 aliphatic rings. The lowest BCUT2D eigenvalue weighted by Crippen LogP contribution is -2.49. The number of benzene rings is 1. The number of carbonyl (C=O) groups excluding carboxylic acids is 2. The van der Waals surface area contributed by atoms with Crippen LogP contribution in [0.15, 0.2) is 24.4 Å². The van der Waals surface area contributed by atoms with Crippen LogP contribution in [0.2, 0.25) is 0 Å². The molecule has 1 saturated heterocycles. The van der Waals surface area contributed by atoms with E-state index in [0.717, 1.165) is 23.0 Å². The molecule has 3 rings (SSSR count). The summed E-state index contributed by atoms with van der Waals surface area (Å²) in [6.07, 6.45) is 3.24. The van der Waals surface area contributed by atoms with Crippen molar-refractivity contribution < 1.29 is 9.59 Å². The zero-order chi connectivity index (χ0) is 14.3. The minimum Gasteiger partial charge on any atom is -0.348 e. The molecule has 0 bridgehead atoms. The number of aryl methyl sites for hydroxylation is 2. The number of anilines is 1. The fourth-order valence-corrected chi connectivity index (χ4v) is 2.83. The topological polar surface area (TPSA) is 54.3 Å². The first kappa shape index (κ1) is 12.7. The fourth-order valence-electron chi connectivity index (χ4n) is 2.83. The number of fused-ring (bicyclic) bond motifs is 1. The number of hydrogen-bond acceptors (Lipinski definition) is 2. The van der Waals surface area contributed by atoms with Crippen molar-refractivity contribution in [1.82, 2.24) is 9.88 Å². The van der Waals surface area contributed by atoms with E-state index < -0.39 is 0 Å². The average molecular weight is 271 g/mol. The van der Waals surface area contributed by atoms with Gasteiger partial charge in [-0.05, 0) is 12.0 Å². The van der Waals surface area contributed by atoms with E-state index in [2.05, 4.69) is 18.3 Å². The smallest absolute Gasteiger partial charge is 0.328 e. The summed E-state index contributed by atoms with van der Waals surface area (Å²) in [6, 6.07) is 5.80. The molecule has 2 heterocycles. The molecule has 2 aromatic rings. The first-order valence-corrected chi connectivity index (χ1v) is 6.80. The summed E-state index contributed by atoms with van der Waals surface area (Å²) in [5, 5.41) is 3.42. The Labute approximate surface area is 117 Å². The van der Waals surface area contributed by atoms with E-state index in [1.54, 1.807) is 4.90 Å². The Hall–Kier alpha value is -2.30. The lowest BCUT2D eigenvalue weighted by atomic mass is 10.1. The molecule has 1 aromatic carbocycles. The van der Waals surface area contributed by atoms with E-state index in [9.17, 15) is 9.59 Å². The molecule has 20 heavy (non-hydrogen) atoms. The van der Waals surface area contributed by atoms with Gasteiger partial charge in [-0.1, -0.05) is 25.1 Å². The first-order valence-electron chi connectivity index (χ1n) is 6.80. The summed E-state index contributed by atoms with van der Waals surface area (Å²) >= 11 is 0. The molecular formula is C15H17N3O2. The highest BCUT2D eigenvalue weighted by atomic mass is 16.2. The molecule has 1 aromatic heterocycles. The third-order valence-corrected chi connectivity index (χ3v) is 3.79. The van der Waals surface area contributed by atoms with E-state index in [1.165, 1.54) is 5.56 Å². The molecular weight excluding hydrogens is 254 g/mol. The van der Waals surface area contributed by atoms with Gasteiger partial charge in [0.1, 0.15) is 0 Å². The Balaban J connectivity index is 2.13. The maximum Gasteiger partial charge on any atom is 0.328 e. The Bertz CT molecular complexity index is 702. The number of amides is 3. The summed E-state index contributed by atoms with van der Waals surface area (Å²) in [6.45, 7) is 2.55. The molecule has 1 N–H and O–H groups in total. The van der Waals surface area contributed by atoms with Crippen molar-refractivity contribution in [3.63, 3.8) is 0 Å². The average Bonchev–Trinajstić information content (AvgIpc) is 2.76. The van der Waals surface area contributed by atoms with Gasteiger partial charge in [-0.15, -0.1) is 0 Å². The number of urea groups is 1. The summed E-state index contributed by atoms with van der Waals surface area (Å²) in [7, 11) is 1.98. The molecule has 0 saturated carbocycles. The minimum atomic E-state index is -0.337. The number of aromatic nitrogens is 1.